The third-order valence-electron chi connectivity index (χ3n) is 4.32. The normalized spacial score (nSPS) is 13.1. The average Bonchev–Trinajstić information content (AvgIpc) is 2.27. The van der Waals surface area contributed by atoms with E-state index in [1.54, 1.807) is 0 Å². The molecule has 0 aliphatic carbocycles. The maximum absolute atomic E-state index is 10.7. The van der Waals surface area contributed by atoms with Gasteiger partial charge in [0.05, 0.1) is 0 Å². The van der Waals surface area contributed by atoms with Crippen molar-refractivity contribution in [1.82, 2.24) is 0 Å². The third kappa shape index (κ3) is 5.95. The quantitative estimate of drug-likeness (QED) is 0.541. The van der Waals surface area contributed by atoms with Gasteiger partial charge in [-0.2, -0.15) is 0 Å². The van der Waals surface area contributed by atoms with E-state index in [9.17, 15) is 5.11 Å². The number of unbranched alkanes of at least 4 members (excludes halogenated alkanes) is 3. The maximum atomic E-state index is 10.7. The molecule has 0 saturated carbocycles. The van der Waals surface area contributed by atoms with Crippen molar-refractivity contribution in [2.45, 2.75) is 90.1 Å². The first-order chi connectivity index (χ1) is 7.93. The molecule has 1 nitrogen and oxygen atoms in total. The van der Waals surface area contributed by atoms with Crippen LogP contribution in [-0.2, 0) is 0 Å². The molecule has 0 radical (unpaired) electrons. The molecule has 0 aromatic rings. The van der Waals surface area contributed by atoms with Gasteiger partial charge in [0.15, 0.2) is 0 Å². The van der Waals surface area contributed by atoms with Crippen molar-refractivity contribution in [3.05, 3.63) is 0 Å². The van der Waals surface area contributed by atoms with Gasteiger partial charge in [-0.1, -0.05) is 0 Å². The molecule has 2 heteroatoms. The SMILES string of the molecule is CCC[CH2][Sn]([CH2]CCC)([CH2]CCC)[C](C)(C)O. The van der Waals surface area contributed by atoms with E-state index >= 15 is 0 Å². The minimum absolute atomic E-state index is 0.325. The molecule has 104 valence electrons. The van der Waals surface area contributed by atoms with E-state index < -0.39 is 18.4 Å². The molecule has 0 aliphatic rings. The van der Waals surface area contributed by atoms with Gasteiger partial charge in [0.25, 0.3) is 0 Å². The van der Waals surface area contributed by atoms with Gasteiger partial charge in [-0.15, -0.1) is 0 Å². The molecule has 0 fully saturated rings. The summed E-state index contributed by atoms with van der Waals surface area (Å²) in [6.45, 7) is 11.1. The summed E-state index contributed by atoms with van der Waals surface area (Å²) in [5.41, 5.74) is 0. The van der Waals surface area contributed by atoms with Gasteiger partial charge in [0.2, 0.25) is 0 Å². The fourth-order valence-corrected chi connectivity index (χ4v) is 19.0. The Morgan fingerprint density at radius 1 is 0.765 bits per heavy atom. The van der Waals surface area contributed by atoms with Crippen LogP contribution in [0.2, 0.25) is 13.3 Å². The zero-order valence-corrected chi connectivity index (χ0v) is 15.7. The first-order valence-electron chi connectivity index (χ1n) is 7.66. The van der Waals surface area contributed by atoms with Crippen LogP contribution in [0.3, 0.4) is 0 Å². The topological polar surface area (TPSA) is 20.2 Å². The monoisotopic (exact) mass is 350 g/mol. The standard InChI is InChI=1S/3C4H9.C3H7O.Sn/c3*1-3-4-2;1-3(2)4;/h3*1,3-4H2,2H3;4H,1-2H3;. The Hall–Kier alpha value is 0.759. The van der Waals surface area contributed by atoms with Crippen LogP contribution in [-0.4, -0.2) is 27.1 Å². The summed E-state index contributed by atoms with van der Waals surface area (Å²) >= 11 is -2.35. The van der Waals surface area contributed by atoms with Crippen molar-refractivity contribution in [2.24, 2.45) is 0 Å². The van der Waals surface area contributed by atoms with Crippen molar-refractivity contribution >= 4 is 18.4 Å². The van der Waals surface area contributed by atoms with Crippen LogP contribution in [0.25, 0.3) is 0 Å². The first kappa shape index (κ1) is 17.8. The predicted octanol–water partition coefficient (Wildman–Crippen LogP) is 5.15. The number of hydrogen-bond donors (Lipinski definition) is 1. The Morgan fingerprint density at radius 2 is 1.06 bits per heavy atom. The van der Waals surface area contributed by atoms with E-state index in [1.165, 1.54) is 51.8 Å². The molecule has 0 saturated heterocycles. The van der Waals surface area contributed by atoms with Crippen LogP contribution in [0.15, 0.2) is 0 Å². The fraction of sp³-hybridized carbons (Fsp3) is 1.00. The molecule has 0 aromatic carbocycles. The van der Waals surface area contributed by atoms with Crippen LogP contribution in [0, 0.1) is 0 Å². The number of hydrogen-bond acceptors (Lipinski definition) is 1. The van der Waals surface area contributed by atoms with E-state index in [0.29, 0.717) is 0 Å². The van der Waals surface area contributed by atoms with Crippen LogP contribution in [0.5, 0.6) is 0 Å². The average molecular weight is 349 g/mol. The van der Waals surface area contributed by atoms with Gasteiger partial charge >= 0.3 is 114 Å². The van der Waals surface area contributed by atoms with Crippen molar-refractivity contribution in [3.63, 3.8) is 0 Å². The Balaban J connectivity index is 4.78. The Kier molecular flexibility index (Phi) is 9.18. The van der Waals surface area contributed by atoms with Gasteiger partial charge in [-0.3, -0.25) is 0 Å². The molecule has 0 amide bonds. The second-order valence-electron chi connectivity index (χ2n) is 6.15. The van der Waals surface area contributed by atoms with E-state index in [2.05, 4.69) is 34.6 Å². The Labute approximate surface area is 113 Å². The second-order valence-corrected chi connectivity index (χ2v) is 21.2. The zero-order valence-electron chi connectivity index (χ0n) is 12.8. The second kappa shape index (κ2) is 8.79. The van der Waals surface area contributed by atoms with Crippen LogP contribution >= 0.6 is 0 Å². The molecule has 0 aromatic heterocycles. The number of rotatable bonds is 10. The van der Waals surface area contributed by atoms with Crippen molar-refractivity contribution in [1.29, 1.82) is 0 Å². The molecule has 0 rings (SSSR count). The third-order valence-corrected chi connectivity index (χ3v) is 23.0. The molecule has 0 heterocycles. The summed E-state index contributed by atoms with van der Waals surface area (Å²) in [5, 5.41) is 10.7. The molecule has 1 N–H and O–H groups in total. The van der Waals surface area contributed by atoms with Crippen LogP contribution in [0.4, 0.5) is 0 Å². The molecular formula is C15H34OSn. The van der Waals surface area contributed by atoms with Gasteiger partial charge < -0.3 is 0 Å². The molecule has 0 spiro atoms. The van der Waals surface area contributed by atoms with Gasteiger partial charge in [-0.05, 0) is 0 Å². The Morgan fingerprint density at radius 3 is 1.24 bits per heavy atom. The van der Waals surface area contributed by atoms with Crippen molar-refractivity contribution in [2.75, 3.05) is 0 Å². The minimum atomic E-state index is -2.35. The van der Waals surface area contributed by atoms with E-state index in [1.807, 2.05) is 0 Å². The molecule has 0 atom stereocenters. The Bertz CT molecular complexity index is 162. The summed E-state index contributed by atoms with van der Waals surface area (Å²) in [6.07, 6.45) is 7.88. The molecule has 17 heavy (non-hydrogen) atoms. The van der Waals surface area contributed by atoms with Gasteiger partial charge in [-0.25, -0.2) is 0 Å². The van der Waals surface area contributed by atoms with Gasteiger partial charge in [0.1, 0.15) is 0 Å². The number of aliphatic hydroxyl groups is 1. The first-order valence-corrected chi connectivity index (χ1v) is 15.1. The van der Waals surface area contributed by atoms with Crippen molar-refractivity contribution in [3.8, 4) is 0 Å². The van der Waals surface area contributed by atoms with Crippen LogP contribution in [0.1, 0.15) is 73.1 Å². The molecular weight excluding hydrogens is 315 g/mol. The summed E-state index contributed by atoms with van der Waals surface area (Å²) in [7, 11) is 0. The zero-order chi connectivity index (χ0) is 13.4. The van der Waals surface area contributed by atoms with E-state index in [0.717, 1.165) is 0 Å². The molecule has 0 aliphatic heterocycles. The molecule has 0 bridgehead atoms. The van der Waals surface area contributed by atoms with Crippen molar-refractivity contribution < 1.29 is 5.11 Å². The molecule has 0 unspecified atom stereocenters. The summed E-state index contributed by atoms with van der Waals surface area (Å²) < 4.78 is 3.87. The predicted molar refractivity (Wildman–Crippen MR) is 81.2 cm³/mol. The summed E-state index contributed by atoms with van der Waals surface area (Å²) in [6, 6.07) is 0. The summed E-state index contributed by atoms with van der Waals surface area (Å²) in [5.74, 6) is 0. The van der Waals surface area contributed by atoms with Crippen LogP contribution < -0.4 is 0 Å². The van der Waals surface area contributed by atoms with E-state index in [-0.39, 0.29) is 3.62 Å². The van der Waals surface area contributed by atoms with Gasteiger partial charge in [0, 0.05) is 0 Å². The summed E-state index contributed by atoms with van der Waals surface area (Å²) in [4.78, 5) is 0. The van der Waals surface area contributed by atoms with E-state index in [4.69, 9.17) is 0 Å². The fourth-order valence-electron chi connectivity index (χ4n) is 2.84.